The van der Waals surface area contributed by atoms with Crippen molar-refractivity contribution in [2.24, 2.45) is 0 Å². The van der Waals surface area contributed by atoms with Gasteiger partial charge in [0.15, 0.2) is 0 Å². The van der Waals surface area contributed by atoms with Crippen LogP contribution in [0.15, 0.2) is 86.6 Å². The number of hydrogen-bond donors (Lipinski definition) is 1. The predicted octanol–water partition coefficient (Wildman–Crippen LogP) is 5.35. The van der Waals surface area contributed by atoms with Crippen LogP contribution in [0.2, 0.25) is 0 Å². The molecule has 0 saturated heterocycles. The highest BCUT2D eigenvalue weighted by atomic mass is 79.9. The molecule has 5 nitrogen and oxygen atoms in total. The van der Waals surface area contributed by atoms with Crippen molar-refractivity contribution in [2.75, 3.05) is 11.9 Å². The van der Waals surface area contributed by atoms with Gasteiger partial charge in [-0.15, -0.1) is 0 Å². The Kier molecular flexibility index (Phi) is 7.46. The number of benzene rings is 3. The van der Waals surface area contributed by atoms with Gasteiger partial charge in [0.05, 0.1) is 17.1 Å². The normalized spacial score (nSPS) is 11.5. The van der Waals surface area contributed by atoms with E-state index >= 15 is 0 Å². The lowest BCUT2D eigenvalue weighted by Crippen LogP contribution is -2.37. The molecular formula is C22H20Br2N2O3S. The number of rotatable bonds is 7. The van der Waals surface area contributed by atoms with E-state index in [1.807, 2.05) is 37.3 Å². The Labute approximate surface area is 193 Å². The number of carbonyl (C=O) groups is 1. The summed E-state index contributed by atoms with van der Waals surface area (Å²) in [6, 6.07) is 21.1. The van der Waals surface area contributed by atoms with Crippen LogP contribution in [0.1, 0.15) is 11.1 Å². The molecule has 0 atom stereocenters. The minimum absolute atomic E-state index is 0.0854. The molecule has 30 heavy (non-hydrogen) atoms. The molecule has 0 aliphatic carbocycles. The van der Waals surface area contributed by atoms with Crippen LogP contribution in [-0.2, 0) is 21.4 Å². The molecule has 0 unspecified atom stereocenters. The van der Waals surface area contributed by atoms with E-state index in [2.05, 4.69) is 37.2 Å². The van der Waals surface area contributed by atoms with E-state index < -0.39 is 15.9 Å². The molecular weight excluding hydrogens is 532 g/mol. The summed E-state index contributed by atoms with van der Waals surface area (Å²) in [5.74, 6) is -0.422. The summed E-state index contributed by atoms with van der Waals surface area (Å²) >= 11 is 6.70. The average molecular weight is 552 g/mol. The zero-order chi connectivity index (χ0) is 21.7. The number of halogens is 2. The standard InChI is InChI=1S/C22H20Br2N2O3S/c1-16-6-8-17(9-7-16)14-26(30(28,29)19-12-10-18(23)11-13-19)15-22(27)25-21-5-3-2-4-20(21)24/h2-13H,14-15H2,1H3,(H,25,27). The van der Waals surface area contributed by atoms with E-state index in [-0.39, 0.29) is 18.0 Å². The van der Waals surface area contributed by atoms with Crippen molar-refractivity contribution in [3.63, 3.8) is 0 Å². The summed E-state index contributed by atoms with van der Waals surface area (Å²) in [5.41, 5.74) is 2.46. The molecule has 0 aliphatic rings. The summed E-state index contributed by atoms with van der Waals surface area (Å²) in [7, 11) is -3.88. The SMILES string of the molecule is Cc1ccc(CN(CC(=O)Nc2ccccc2Br)S(=O)(=O)c2ccc(Br)cc2)cc1. The van der Waals surface area contributed by atoms with Crippen LogP contribution in [0.3, 0.4) is 0 Å². The van der Waals surface area contributed by atoms with Crippen LogP contribution in [0.25, 0.3) is 0 Å². The highest BCUT2D eigenvalue weighted by Crippen LogP contribution is 2.23. The summed E-state index contributed by atoms with van der Waals surface area (Å²) in [6.07, 6.45) is 0. The van der Waals surface area contributed by atoms with Crippen LogP contribution in [0.4, 0.5) is 5.69 Å². The second-order valence-electron chi connectivity index (χ2n) is 6.74. The molecule has 8 heteroatoms. The van der Waals surface area contributed by atoms with Gasteiger partial charge in [-0.05, 0) is 64.8 Å². The number of carbonyl (C=O) groups excluding carboxylic acids is 1. The molecule has 1 N–H and O–H groups in total. The Balaban J connectivity index is 1.88. The number of para-hydroxylation sites is 1. The first-order chi connectivity index (χ1) is 14.3. The fourth-order valence-corrected chi connectivity index (χ4v) is 4.82. The zero-order valence-corrected chi connectivity index (χ0v) is 20.2. The molecule has 0 radical (unpaired) electrons. The van der Waals surface area contributed by atoms with Crippen molar-refractivity contribution in [1.29, 1.82) is 0 Å². The van der Waals surface area contributed by atoms with Crippen molar-refractivity contribution < 1.29 is 13.2 Å². The minimum atomic E-state index is -3.88. The molecule has 0 spiro atoms. The molecule has 156 valence electrons. The number of sulfonamides is 1. The number of hydrogen-bond acceptors (Lipinski definition) is 3. The number of aryl methyl sites for hydroxylation is 1. The summed E-state index contributed by atoms with van der Waals surface area (Å²) in [5, 5.41) is 2.77. The molecule has 1 amide bonds. The molecule has 3 aromatic rings. The minimum Gasteiger partial charge on any atom is -0.324 e. The van der Waals surface area contributed by atoms with E-state index in [9.17, 15) is 13.2 Å². The predicted molar refractivity (Wildman–Crippen MR) is 126 cm³/mol. The van der Waals surface area contributed by atoms with Gasteiger partial charge in [-0.25, -0.2) is 8.42 Å². The maximum atomic E-state index is 13.3. The second kappa shape index (κ2) is 9.87. The number of anilines is 1. The highest BCUT2D eigenvalue weighted by Gasteiger charge is 2.27. The van der Waals surface area contributed by atoms with Gasteiger partial charge >= 0.3 is 0 Å². The van der Waals surface area contributed by atoms with Crippen LogP contribution in [0, 0.1) is 6.92 Å². The van der Waals surface area contributed by atoms with Crippen molar-refractivity contribution in [3.05, 3.63) is 92.9 Å². The Morgan fingerprint density at radius 2 is 1.57 bits per heavy atom. The van der Waals surface area contributed by atoms with Crippen molar-refractivity contribution in [2.45, 2.75) is 18.4 Å². The third kappa shape index (κ3) is 5.78. The molecule has 0 aromatic heterocycles. The van der Waals surface area contributed by atoms with Gasteiger partial charge in [-0.2, -0.15) is 4.31 Å². The molecule has 0 bridgehead atoms. The monoisotopic (exact) mass is 550 g/mol. The topological polar surface area (TPSA) is 66.5 Å². The van der Waals surface area contributed by atoms with Crippen molar-refractivity contribution >= 4 is 53.5 Å². The molecule has 0 saturated carbocycles. The Morgan fingerprint density at radius 1 is 0.933 bits per heavy atom. The molecule has 0 heterocycles. The Morgan fingerprint density at radius 3 is 2.20 bits per heavy atom. The third-order valence-electron chi connectivity index (χ3n) is 4.40. The van der Waals surface area contributed by atoms with Crippen LogP contribution in [0.5, 0.6) is 0 Å². The van der Waals surface area contributed by atoms with E-state index in [1.54, 1.807) is 30.3 Å². The van der Waals surface area contributed by atoms with Gasteiger partial charge in [0, 0.05) is 15.5 Å². The molecule has 3 rings (SSSR count). The average Bonchev–Trinajstić information content (AvgIpc) is 2.71. The summed E-state index contributed by atoms with van der Waals surface area (Å²) in [6.45, 7) is 1.74. The first-order valence-electron chi connectivity index (χ1n) is 9.11. The largest absolute Gasteiger partial charge is 0.324 e. The number of nitrogens with zero attached hydrogens (tertiary/aromatic N) is 1. The lowest BCUT2D eigenvalue weighted by atomic mass is 10.1. The second-order valence-corrected chi connectivity index (χ2v) is 10.4. The highest BCUT2D eigenvalue weighted by molar-refractivity contribution is 9.10. The van der Waals surface area contributed by atoms with Crippen molar-refractivity contribution in [1.82, 2.24) is 4.31 Å². The quantitative estimate of drug-likeness (QED) is 0.430. The van der Waals surface area contributed by atoms with Crippen LogP contribution < -0.4 is 5.32 Å². The molecule has 3 aromatic carbocycles. The zero-order valence-electron chi connectivity index (χ0n) is 16.2. The smallest absolute Gasteiger partial charge is 0.243 e. The number of amides is 1. The number of nitrogens with one attached hydrogen (secondary N) is 1. The maximum absolute atomic E-state index is 13.3. The summed E-state index contributed by atoms with van der Waals surface area (Å²) in [4.78, 5) is 12.8. The first-order valence-corrected chi connectivity index (χ1v) is 12.1. The van der Waals surface area contributed by atoms with Gasteiger partial charge < -0.3 is 5.32 Å². The van der Waals surface area contributed by atoms with Gasteiger partial charge in [0.2, 0.25) is 15.9 Å². The van der Waals surface area contributed by atoms with E-state index in [1.165, 1.54) is 16.4 Å². The van der Waals surface area contributed by atoms with Crippen molar-refractivity contribution in [3.8, 4) is 0 Å². The summed E-state index contributed by atoms with van der Waals surface area (Å²) < 4.78 is 29.3. The fraction of sp³-hybridized carbons (Fsp3) is 0.136. The maximum Gasteiger partial charge on any atom is 0.243 e. The Bertz CT molecular complexity index is 1130. The van der Waals surface area contributed by atoms with Crippen LogP contribution in [-0.4, -0.2) is 25.2 Å². The van der Waals surface area contributed by atoms with Gasteiger partial charge in [0.25, 0.3) is 0 Å². The van der Waals surface area contributed by atoms with Gasteiger partial charge in [-0.1, -0.05) is 57.9 Å². The van der Waals surface area contributed by atoms with E-state index in [0.717, 1.165) is 20.1 Å². The fourth-order valence-electron chi connectivity index (χ4n) is 2.79. The van der Waals surface area contributed by atoms with E-state index in [4.69, 9.17) is 0 Å². The lowest BCUT2D eigenvalue weighted by Gasteiger charge is -2.22. The first kappa shape index (κ1) is 22.7. The third-order valence-corrected chi connectivity index (χ3v) is 7.42. The van der Waals surface area contributed by atoms with Crippen LogP contribution >= 0.6 is 31.9 Å². The lowest BCUT2D eigenvalue weighted by molar-refractivity contribution is -0.116. The Hall–Kier alpha value is -2.00. The van der Waals surface area contributed by atoms with E-state index in [0.29, 0.717) is 5.69 Å². The van der Waals surface area contributed by atoms with Gasteiger partial charge in [-0.3, -0.25) is 4.79 Å². The molecule has 0 fully saturated rings. The molecule has 0 aliphatic heterocycles. The van der Waals surface area contributed by atoms with Gasteiger partial charge in [0.1, 0.15) is 0 Å².